The van der Waals surface area contributed by atoms with E-state index in [1.165, 1.54) is 4.57 Å². The third-order valence-electron chi connectivity index (χ3n) is 2.88. The third-order valence-corrected chi connectivity index (χ3v) is 2.88. The van der Waals surface area contributed by atoms with Crippen LogP contribution >= 0.6 is 0 Å². The molecule has 2 aromatic rings. The Morgan fingerprint density at radius 3 is 3.11 bits per heavy atom. The minimum absolute atomic E-state index is 0.0102. The maximum absolute atomic E-state index is 12.0. The van der Waals surface area contributed by atoms with Gasteiger partial charge in [-0.1, -0.05) is 5.16 Å². The number of nitriles is 1. The van der Waals surface area contributed by atoms with E-state index in [2.05, 4.69) is 10.1 Å². The van der Waals surface area contributed by atoms with Crippen LogP contribution in [0.1, 0.15) is 24.6 Å². The predicted octanol–water partition coefficient (Wildman–Crippen LogP) is 1.30. The van der Waals surface area contributed by atoms with Crippen molar-refractivity contribution in [2.75, 3.05) is 0 Å². The number of pyridine rings is 1. The van der Waals surface area contributed by atoms with Gasteiger partial charge < -0.3 is 9.09 Å². The van der Waals surface area contributed by atoms with Crippen molar-refractivity contribution in [1.29, 1.82) is 5.26 Å². The summed E-state index contributed by atoms with van der Waals surface area (Å²) in [7, 11) is 0. The van der Waals surface area contributed by atoms with Crippen LogP contribution in [0.3, 0.4) is 0 Å². The SMILES string of the molecule is N#CCn1cccc(-c2nc(C3CC3)no2)c1=O. The fraction of sp³-hybridized carbons (Fsp3) is 0.333. The lowest BCUT2D eigenvalue weighted by molar-refractivity contribution is 0.422. The Bertz CT molecular complexity index is 676. The van der Waals surface area contributed by atoms with Crippen molar-refractivity contribution in [3.8, 4) is 17.5 Å². The maximum Gasteiger partial charge on any atom is 0.264 e. The van der Waals surface area contributed by atoms with Gasteiger partial charge in [0, 0.05) is 12.1 Å². The first-order valence-corrected chi connectivity index (χ1v) is 5.70. The quantitative estimate of drug-likeness (QED) is 0.809. The van der Waals surface area contributed by atoms with Gasteiger partial charge in [0.2, 0.25) is 0 Å². The highest BCUT2D eigenvalue weighted by atomic mass is 16.5. The molecule has 0 saturated heterocycles. The zero-order chi connectivity index (χ0) is 12.5. The monoisotopic (exact) mass is 242 g/mol. The van der Waals surface area contributed by atoms with Crippen LogP contribution in [0.15, 0.2) is 27.6 Å². The summed E-state index contributed by atoms with van der Waals surface area (Å²) in [6.07, 6.45) is 3.71. The third kappa shape index (κ3) is 1.80. The van der Waals surface area contributed by atoms with E-state index in [9.17, 15) is 4.79 Å². The molecule has 6 heteroatoms. The van der Waals surface area contributed by atoms with Gasteiger partial charge in [-0.05, 0) is 25.0 Å². The van der Waals surface area contributed by atoms with Crippen LogP contribution in [-0.4, -0.2) is 14.7 Å². The molecule has 1 aliphatic carbocycles. The Hall–Kier alpha value is -2.42. The Balaban J connectivity index is 2.02. The summed E-state index contributed by atoms with van der Waals surface area (Å²) in [5.74, 6) is 1.28. The van der Waals surface area contributed by atoms with E-state index in [1.807, 2.05) is 6.07 Å². The first-order chi connectivity index (χ1) is 8.79. The van der Waals surface area contributed by atoms with Crippen molar-refractivity contribution < 1.29 is 4.52 Å². The van der Waals surface area contributed by atoms with Crippen molar-refractivity contribution in [3.63, 3.8) is 0 Å². The fourth-order valence-corrected chi connectivity index (χ4v) is 1.75. The summed E-state index contributed by atoms with van der Waals surface area (Å²) in [4.78, 5) is 16.3. The predicted molar refractivity (Wildman–Crippen MR) is 61.6 cm³/mol. The normalized spacial score (nSPS) is 14.4. The lowest BCUT2D eigenvalue weighted by Crippen LogP contribution is -2.20. The number of nitrogens with zero attached hydrogens (tertiary/aromatic N) is 4. The molecule has 0 aromatic carbocycles. The van der Waals surface area contributed by atoms with Gasteiger partial charge in [-0.2, -0.15) is 10.2 Å². The van der Waals surface area contributed by atoms with Crippen molar-refractivity contribution in [2.24, 2.45) is 0 Å². The molecule has 18 heavy (non-hydrogen) atoms. The van der Waals surface area contributed by atoms with E-state index in [0.29, 0.717) is 17.3 Å². The topological polar surface area (TPSA) is 84.7 Å². The molecule has 0 spiro atoms. The molecule has 0 N–H and O–H groups in total. The molecule has 1 aliphatic rings. The second kappa shape index (κ2) is 4.11. The van der Waals surface area contributed by atoms with Gasteiger partial charge in [-0.15, -0.1) is 0 Å². The number of aromatic nitrogens is 3. The summed E-state index contributed by atoms with van der Waals surface area (Å²) < 4.78 is 6.42. The Morgan fingerprint density at radius 1 is 1.56 bits per heavy atom. The Labute approximate surface area is 102 Å². The molecule has 0 radical (unpaired) electrons. The van der Waals surface area contributed by atoms with Crippen LogP contribution in [-0.2, 0) is 6.54 Å². The summed E-state index contributed by atoms with van der Waals surface area (Å²) in [6.45, 7) is 0.0102. The second-order valence-corrected chi connectivity index (χ2v) is 4.25. The number of hydrogen-bond donors (Lipinski definition) is 0. The average Bonchev–Trinajstić information content (AvgIpc) is 3.11. The first-order valence-electron chi connectivity index (χ1n) is 5.70. The summed E-state index contributed by atoms with van der Waals surface area (Å²) >= 11 is 0. The number of rotatable bonds is 3. The highest BCUT2D eigenvalue weighted by molar-refractivity contribution is 5.50. The lowest BCUT2D eigenvalue weighted by Gasteiger charge is -2.00. The molecule has 2 aromatic heterocycles. The summed E-state index contributed by atoms with van der Waals surface area (Å²) in [5.41, 5.74) is 0.0530. The molecule has 3 rings (SSSR count). The molecule has 1 saturated carbocycles. The van der Waals surface area contributed by atoms with Crippen LogP contribution < -0.4 is 5.56 Å². The maximum atomic E-state index is 12.0. The minimum atomic E-state index is -0.287. The van der Waals surface area contributed by atoms with Gasteiger partial charge in [-0.3, -0.25) is 4.79 Å². The Kier molecular flexibility index (Phi) is 2.45. The first kappa shape index (κ1) is 10.7. The molecule has 0 amide bonds. The van der Waals surface area contributed by atoms with Gasteiger partial charge in [0.1, 0.15) is 12.1 Å². The summed E-state index contributed by atoms with van der Waals surface area (Å²) in [5, 5.41) is 12.5. The van der Waals surface area contributed by atoms with E-state index >= 15 is 0 Å². The molecule has 0 aliphatic heterocycles. The molecule has 0 unspecified atom stereocenters. The van der Waals surface area contributed by atoms with Gasteiger partial charge in [-0.25, -0.2) is 0 Å². The number of hydrogen-bond acceptors (Lipinski definition) is 5. The van der Waals surface area contributed by atoms with Crippen molar-refractivity contribution in [3.05, 3.63) is 34.5 Å². The van der Waals surface area contributed by atoms with E-state index in [0.717, 1.165) is 12.8 Å². The standard InChI is InChI=1S/C12H10N4O2/c13-5-7-16-6-1-2-9(12(16)17)11-14-10(15-18-11)8-3-4-8/h1-2,6,8H,3-4,7H2. The van der Waals surface area contributed by atoms with Gasteiger partial charge >= 0.3 is 0 Å². The van der Waals surface area contributed by atoms with Gasteiger partial charge in [0.05, 0.1) is 6.07 Å². The molecule has 0 atom stereocenters. The fourth-order valence-electron chi connectivity index (χ4n) is 1.75. The van der Waals surface area contributed by atoms with Gasteiger partial charge in [0.15, 0.2) is 5.82 Å². The zero-order valence-corrected chi connectivity index (χ0v) is 9.54. The van der Waals surface area contributed by atoms with E-state index < -0.39 is 0 Å². The smallest absolute Gasteiger partial charge is 0.264 e. The molecule has 2 heterocycles. The molecule has 1 fully saturated rings. The molecular weight excluding hydrogens is 232 g/mol. The highest BCUT2D eigenvalue weighted by Crippen LogP contribution is 2.38. The lowest BCUT2D eigenvalue weighted by atomic mass is 10.2. The van der Waals surface area contributed by atoms with Crippen molar-refractivity contribution in [1.82, 2.24) is 14.7 Å². The van der Waals surface area contributed by atoms with Crippen LogP contribution in [0.5, 0.6) is 0 Å². The molecule has 6 nitrogen and oxygen atoms in total. The van der Waals surface area contributed by atoms with Crippen LogP contribution in [0, 0.1) is 11.3 Å². The van der Waals surface area contributed by atoms with E-state index in [-0.39, 0.29) is 18.0 Å². The molecule has 90 valence electrons. The minimum Gasteiger partial charge on any atom is -0.334 e. The van der Waals surface area contributed by atoms with Gasteiger partial charge in [0.25, 0.3) is 11.4 Å². The largest absolute Gasteiger partial charge is 0.334 e. The van der Waals surface area contributed by atoms with Crippen LogP contribution in [0.4, 0.5) is 0 Å². The Morgan fingerprint density at radius 2 is 2.39 bits per heavy atom. The van der Waals surface area contributed by atoms with Crippen molar-refractivity contribution >= 4 is 0 Å². The van der Waals surface area contributed by atoms with E-state index in [1.54, 1.807) is 18.3 Å². The van der Waals surface area contributed by atoms with E-state index in [4.69, 9.17) is 9.78 Å². The molecular formula is C12H10N4O2. The van der Waals surface area contributed by atoms with Crippen LogP contribution in [0.25, 0.3) is 11.5 Å². The average molecular weight is 242 g/mol. The van der Waals surface area contributed by atoms with Crippen molar-refractivity contribution in [2.45, 2.75) is 25.3 Å². The zero-order valence-electron chi connectivity index (χ0n) is 9.54. The second-order valence-electron chi connectivity index (χ2n) is 4.25. The van der Waals surface area contributed by atoms with Crippen LogP contribution in [0.2, 0.25) is 0 Å². The highest BCUT2D eigenvalue weighted by Gasteiger charge is 2.29. The summed E-state index contributed by atoms with van der Waals surface area (Å²) in [6, 6.07) is 5.25. The molecule has 0 bridgehead atoms.